The number of hydrogen-bond donors (Lipinski definition) is 1. The molecule has 2 aromatic carbocycles. The van der Waals surface area contributed by atoms with Crippen LogP contribution >= 0.6 is 0 Å². The van der Waals surface area contributed by atoms with E-state index in [2.05, 4.69) is 5.10 Å². The Morgan fingerprint density at radius 3 is 2.12 bits per heavy atom. The Hall–Kier alpha value is -3.62. The molecule has 2 atom stereocenters. The number of aromatic hydroxyl groups is 1. The minimum Gasteiger partial charge on any atom is -0.502 e. The van der Waals surface area contributed by atoms with Crippen LogP contribution in [0.2, 0.25) is 0 Å². The lowest BCUT2D eigenvalue weighted by Crippen LogP contribution is -2.54. The fraction of sp³-hybridized carbons (Fsp3) is 0.320. The van der Waals surface area contributed by atoms with Crippen LogP contribution in [0.15, 0.2) is 59.5 Å². The predicted octanol–water partition coefficient (Wildman–Crippen LogP) is 3.83. The number of aromatic nitrogens is 2. The Morgan fingerprint density at radius 2 is 1.56 bits per heavy atom. The van der Waals surface area contributed by atoms with Crippen LogP contribution in [0.3, 0.4) is 0 Å². The molecule has 1 amide bonds. The van der Waals surface area contributed by atoms with Crippen LogP contribution in [0.4, 0.5) is 13.2 Å². The lowest BCUT2D eigenvalue weighted by atomic mass is 9.81. The summed E-state index contributed by atoms with van der Waals surface area (Å²) in [6.45, 7) is 0.625. The van der Waals surface area contributed by atoms with E-state index in [0.717, 1.165) is 48.2 Å². The van der Waals surface area contributed by atoms with E-state index < -0.39 is 47.0 Å². The summed E-state index contributed by atoms with van der Waals surface area (Å²) >= 11 is 0. The molecule has 0 unspecified atom stereocenters. The summed E-state index contributed by atoms with van der Waals surface area (Å²) in [5, 5.41) is 14.6. The van der Waals surface area contributed by atoms with Gasteiger partial charge in [0.25, 0.3) is 5.91 Å². The van der Waals surface area contributed by atoms with Crippen LogP contribution in [0.1, 0.15) is 51.6 Å². The van der Waals surface area contributed by atoms with Crippen molar-refractivity contribution in [3.05, 3.63) is 92.9 Å². The van der Waals surface area contributed by atoms with Crippen molar-refractivity contribution in [2.45, 2.75) is 43.9 Å². The molecule has 9 heteroatoms. The summed E-state index contributed by atoms with van der Waals surface area (Å²) in [7, 11) is 0. The minimum absolute atomic E-state index is 0.283. The second-order valence-corrected chi connectivity index (χ2v) is 8.77. The van der Waals surface area contributed by atoms with Gasteiger partial charge in [-0.25, -0.2) is 0 Å². The molecule has 0 saturated carbocycles. The maximum absolute atomic E-state index is 13.7. The quantitative estimate of drug-likeness (QED) is 0.619. The molecule has 0 saturated heterocycles. The van der Waals surface area contributed by atoms with Crippen molar-refractivity contribution in [2.75, 3.05) is 6.54 Å². The zero-order valence-electron chi connectivity index (χ0n) is 18.3. The molecular weight excluding hydrogens is 447 g/mol. The normalized spacial score (nSPS) is 19.1. The number of alkyl halides is 3. The van der Waals surface area contributed by atoms with Gasteiger partial charge in [-0.1, -0.05) is 48.5 Å². The Balaban J connectivity index is 1.77. The van der Waals surface area contributed by atoms with Gasteiger partial charge < -0.3 is 10.0 Å². The number of amides is 1. The molecule has 1 aliphatic heterocycles. The molecule has 3 aromatic rings. The van der Waals surface area contributed by atoms with Crippen molar-refractivity contribution in [3.63, 3.8) is 0 Å². The number of aryl methyl sites for hydroxylation is 2. The zero-order chi connectivity index (χ0) is 24.2. The van der Waals surface area contributed by atoms with Gasteiger partial charge in [-0.2, -0.15) is 18.3 Å². The van der Waals surface area contributed by atoms with Crippen molar-refractivity contribution in [2.24, 2.45) is 0 Å². The van der Waals surface area contributed by atoms with Crippen molar-refractivity contribution in [1.29, 1.82) is 0 Å². The molecule has 1 aromatic heterocycles. The molecule has 2 aliphatic rings. The molecule has 6 nitrogen and oxygen atoms in total. The Bertz CT molecular complexity index is 1290. The molecule has 0 spiro atoms. The van der Waals surface area contributed by atoms with Crippen molar-refractivity contribution >= 4 is 5.91 Å². The number of hydrogen-bond acceptors (Lipinski definition) is 4. The van der Waals surface area contributed by atoms with Gasteiger partial charge in [0.15, 0.2) is 11.4 Å². The molecule has 0 radical (unpaired) electrons. The SMILES string of the molecule is C[C@H](N1C[C@H](C2c3ccccc3CCc3ccccc32)n2ncc(=O)c(O)c2C1=O)C(F)(F)F. The van der Waals surface area contributed by atoms with E-state index in [9.17, 15) is 27.9 Å². The lowest BCUT2D eigenvalue weighted by Gasteiger charge is -2.42. The Labute approximate surface area is 193 Å². The smallest absolute Gasteiger partial charge is 0.408 e. The first-order valence-corrected chi connectivity index (χ1v) is 11.0. The molecule has 0 fully saturated rings. The van der Waals surface area contributed by atoms with E-state index in [1.807, 2.05) is 48.5 Å². The zero-order valence-corrected chi connectivity index (χ0v) is 18.3. The topological polar surface area (TPSA) is 75.4 Å². The van der Waals surface area contributed by atoms with Crippen LogP contribution in [0.25, 0.3) is 0 Å². The second-order valence-electron chi connectivity index (χ2n) is 8.77. The third-order valence-electron chi connectivity index (χ3n) is 6.92. The van der Waals surface area contributed by atoms with E-state index in [0.29, 0.717) is 4.90 Å². The molecule has 1 N–H and O–H groups in total. The predicted molar refractivity (Wildman–Crippen MR) is 118 cm³/mol. The molecule has 0 bridgehead atoms. The van der Waals surface area contributed by atoms with Crippen LogP contribution in [-0.4, -0.2) is 44.5 Å². The standard InChI is InChI=1S/C25H22F3N3O3/c1-14(25(26,27)28)30-13-19(31-22(24(30)34)23(33)20(32)12-29-31)21-17-8-4-2-6-15(17)10-11-16-7-3-5-9-18(16)21/h2-9,12,14,19,21,33H,10-11,13H2,1H3/t14-,19+/m0/s1. The van der Waals surface area contributed by atoms with Crippen molar-refractivity contribution < 1.29 is 23.1 Å². The van der Waals surface area contributed by atoms with Gasteiger partial charge in [0, 0.05) is 12.5 Å². The maximum Gasteiger partial charge on any atom is 0.408 e. The van der Waals surface area contributed by atoms with Crippen molar-refractivity contribution in [3.8, 4) is 5.75 Å². The fourth-order valence-corrected chi connectivity index (χ4v) is 5.15. The van der Waals surface area contributed by atoms with Gasteiger partial charge in [-0.15, -0.1) is 0 Å². The van der Waals surface area contributed by atoms with E-state index in [-0.39, 0.29) is 6.54 Å². The Morgan fingerprint density at radius 1 is 1.00 bits per heavy atom. The molecule has 2 heterocycles. The first kappa shape index (κ1) is 22.2. The highest BCUT2D eigenvalue weighted by atomic mass is 19.4. The third kappa shape index (κ3) is 3.46. The number of carbonyl (C=O) groups excluding carboxylic acids is 1. The maximum atomic E-state index is 13.7. The summed E-state index contributed by atoms with van der Waals surface area (Å²) in [5.74, 6) is -2.41. The Kier molecular flexibility index (Phi) is 5.22. The van der Waals surface area contributed by atoms with Gasteiger partial charge in [0.05, 0.1) is 12.2 Å². The van der Waals surface area contributed by atoms with Crippen molar-refractivity contribution in [1.82, 2.24) is 14.7 Å². The summed E-state index contributed by atoms with van der Waals surface area (Å²) in [6.07, 6.45) is -2.27. The molecular formula is C25H22F3N3O3. The molecule has 1 aliphatic carbocycles. The highest BCUT2D eigenvalue weighted by Gasteiger charge is 2.48. The first-order valence-electron chi connectivity index (χ1n) is 11.0. The average molecular weight is 469 g/mol. The monoisotopic (exact) mass is 469 g/mol. The van der Waals surface area contributed by atoms with E-state index in [1.165, 1.54) is 4.68 Å². The van der Waals surface area contributed by atoms with Gasteiger partial charge in [-0.05, 0) is 42.0 Å². The van der Waals surface area contributed by atoms with E-state index in [1.54, 1.807) is 0 Å². The fourth-order valence-electron chi connectivity index (χ4n) is 5.15. The largest absolute Gasteiger partial charge is 0.502 e. The minimum atomic E-state index is -4.68. The third-order valence-corrected chi connectivity index (χ3v) is 6.92. The van der Waals surface area contributed by atoms with Gasteiger partial charge in [0.1, 0.15) is 6.04 Å². The van der Waals surface area contributed by atoms with Crippen LogP contribution in [-0.2, 0) is 12.8 Å². The molecule has 34 heavy (non-hydrogen) atoms. The highest BCUT2D eigenvalue weighted by molar-refractivity contribution is 5.96. The second kappa shape index (κ2) is 8.00. The van der Waals surface area contributed by atoms with Gasteiger partial charge >= 0.3 is 6.18 Å². The van der Waals surface area contributed by atoms with Gasteiger partial charge in [0.2, 0.25) is 5.43 Å². The summed E-state index contributed by atoms with van der Waals surface area (Å²) in [4.78, 5) is 25.9. The highest BCUT2D eigenvalue weighted by Crippen LogP contribution is 2.44. The van der Waals surface area contributed by atoms with Crippen LogP contribution in [0.5, 0.6) is 5.75 Å². The number of rotatable bonds is 2. The number of fused-ring (bicyclic) bond motifs is 3. The average Bonchev–Trinajstić information content (AvgIpc) is 2.97. The molecule has 176 valence electrons. The number of benzene rings is 2. The number of carbonyl (C=O) groups is 1. The summed E-state index contributed by atoms with van der Waals surface area (Å²) in [5.41, 5.74) is 2.54. The van der Waals surface area contributed by atoms with E-state index >= 15 is 0 Å². The molecule has 5 rings (SSSR count). The van der Waals surface area contributed by atoms with Gasteiger partial charge in [-0.3, -0.25) is 14.3 Å². The lowest BCUT2D eigenvalue weighted by molar-refractivity contribution is -0.174. The van der Waals surface area contributed by atoms with Crippen LogP contribution < -0.4 is 5.43 Å². The van der Waals surface area contributed by atoms with Crippen LogP contribution in [0, 0.1) is 0 Å². The summed E-state index contributed by atoms with van der Waals surface area (Å²) < 4.78 is 42.4. The summed E-state index contributed by atoms with van der Waals surface area (Å²) in [6, 6.07) is 12.6. The number of nitrogens with zero attached hydrogens (tertiary/aromatic N) is 3. The van der Waals surface area contributed by atoms with E-state index in [4.69, 9.17) is 0 Å². The number of halogens is 3. The first-order chi connectivity index (χ1) is 16.2.